The molecule has 0 aliphatic carbocycles. The Bertz CT molecular complexity index is 1330. The van der Waals surface area contributed by atoms with Crippen LogP contribution in [0.5, 0.6) is 0 Å². The van der Waals surface area contributed by atoms with Gasteiger partial charge in [-0.1, -0.05) is 104 Å². The van der Waals surface area contributed by atoms with E-state index in [1.165, 1.54) is 37.7 Å². The van der Waals surface area contributed by atoms with E-state index in [1.807, 2.05) is 6.07 Å². The summed E-state index contributed by atoms with van der Waals surface area (Å²) in [5, 5.41) is 2.57. The average Bonchev–Trinajstić information content (AvgIpc) is 3.23. The summed E-state index contributed by atoms with van der Waals surface area (Å²) in [5.74, 6) is 0. The molecule has 152 valence electrons. The third kappa shape index (κ3) is 4.12. The van der Waals surface area contributed by atoms with E-state index >= 15 is 0 Å². The zero-order chi connectivity index (χ0) is 21.4. The van der Waals surface area contributed by atoms with Gasteiger partial charge >= 0.3 is 0 Å². The van der Waals surface area contributed by atoms with Gasteiger partial charge in [0.1, 0.15) is 5.01 Å². The number of para-hydroxylation sites is 1. The van der Waals surface area contributed by atoms with Crippen LogP contribution in [-0.4, -0.2) is 13.1 Å². The van der Waals surface area contributed by atoms with E-state index < -0.39 is 8.07 Å². The highest BCUT2D eigenvalue weighted by atomic mass is 32.1. The number of fused-ring (bicyclic) bond motifs is 1. The molecule has 0 amide bonds. The lowest BCUT2D eigenvalue weighted by molar-refractivity contribution is 1.47. The van der Waals surface area contributed by atoms with Crippen LogP contribution in [0.1, 0.15) is 0 Å². The molecule has 1 aromatic heterocycles. The van der Waals surface area contributed by atoms with Crippen molar-refractivity contribution in [3.05, 3.63) is 97.1 Å². The smallest absolute Gasteiger partial charge is 0.124 e. The molecule has 0 atom stereocenters. The molecule has 0 bridgehead atoms. The number of nitrogens with zero attached hydrogens (tertiary/aromatic N) is 1. The Morgan fingerprint density at radius 3 is 1.90 bits per heavy atom. The van der Waals surface area contributed by atoms with Gasteiger partial charge in [0.05, 0.1) is 18.3 Å². The second-order valence-corrected chi connectivity index (χ2v) is 15.1. The minimum absolute atomic E-state index is 1.07. The van der Waals surface area contributed by atoms with E-state index in [0.717, 1.165) is 10.5 Å². The van der Waals surface area contributed by atoms with Gasteiger partial charge < -0.3 is 0 Å². The fraction of sp³-hybridized carbons (Fsp3) is 0.107. The molecule has 0 saturated carbocycles. The van der Waals surface area contributed by atoms with Gasteiger partial charge in [-0.25, -0.2) is 4.98 Å². The Balaban J connectivity index is 1.46. The first-order chi connectivity index (χ1) is 15.0. The summed E-state index contributed by atoms with van der Waals surface area (Å²) < 4.78 is 1.23. The van der Waals surface area contributed by atoms with Crippen molar-refractivity contribution in [1.82, 2.24) is 4.98 Å². The first-order valence-electron chi connectivity index (χ1n) is 10.6. The van der Waals surface area contributed by atoms with E-state index in [2.05, 4.69) is 111 Å². The number of hydrogen-bond acceptors (Lipinski definition) is 2. The van der Waals surface area contributed by atoms with Gasteiger partial charge in [0.25, 0.3) is 0 Å². The van der Waals surface area contributed by atoms with Gasteiger partial charge in [-0.3, -0.25) is 0 Å². The zero-order valence-electron chi connectivity index (χ0n) is 18.1. The zero-order valence-corrected chi connectivity index (χ0v) is 19.9. The highest BCUT2D eigenvalue weighted by molar-refractivity contribution is 7.21. The van der Waals surface area contributed by atoms with Crippen LogP contribution in [-0.2, 0) is 0 Å². The van der Waals surface area contributed by atoms with Crippen LogP contribution < -0.4 is 5.19 Å². The van der Waals surface area contributed by atoms with Crippen LogP contribution >= 0.6 is 11.3 Å². The average molecular weight is 436 g/mol. The van der Waals surface area contributed by atoms with Crippen LogP contribution in [0.3, 0.4) is 0 Å². The van der Waals surface area contributed by atoms with Crippen molar-refractivity contribution in [3.63, 3.8) is 0 Å². The molecule has 5 rings (SSSR count). The highest BCUT2D eigenvalue weighted by Gasteiger charge is 2.16. The molecule has 31 heavy (non-hydrogen) atoms. The summed E-state index contributed by atoms with van der Waals surface area (Å²) >= 11 is 1.75. The Kier molecular flexibility index (Phi) is 5.09. The van der Waals surface area contributed by atoms with Crippen LogP contribution in [0.25, 0.3) is 43.0 Å². The van der Waals surface area contributed by atoms with Crippen LogP contribution in [0, 0.1) is 0 Å². The normalized spacial score (nSPS) is 11.7. The van der Waals surface area contributed by atoms with Gasteiger partial charge in [-0.2, -0.15) is 0 Å². The molecular formula is C28H25NSSi. The standard InChI is InChI=1S/C28H25NSSi/c1-31(2,3)25-11-7-10-24(19-25)23-9-6-8-22(18-23)20-14-16-21(17-15-20)28-29-26-12-4-5-13-27(26)30-28/h4-19H,1-3H3. The molecule has 0 aliphatic rings. The summed E-state index contributed by atoms with van der Waals surface area (Å²) in [6, 6.07) is 35.0. The van der Waals surface area contributed by atoms with Crippen molar-refractivity contribution in [2.45, 2.75) is 19.6 Å². The van der Waals surface area contributed by atoms with Crippen LogP contribution in [0.15, 0.2) is 97.1 Å². The number of thiazole rings is 1. The quantitative estimate of drug-likeness (QED) is 0.262. The predicted octanol–water partition coefficient (Wildman–Crippen LogP) is 7.84. The molecule has 3 heteroatoms. The van der Waals surface area contributed by atoms with Crippen molar-refractivity contribution < 1.29 is 0 Å². The van der Waals surface area contributed by atoms with E-state index in [4.69, 9.17) is 4.98 Å². The summed E-state index contributed by atoms with van der Waals surface area (Å²) in [6.07, 6.45) is 0. The van der Waals surface area contributed by atoms with Crippen LogP contribution in [0.2, 0.25) is 19.6 Å². The molecule has 4 aromatic carbocycles. The molecule has 0 unspecified atom stereocenters. The summed E-state index contributed by atoms with van der Waals surface area (Å²) in [5.41, 5.74) is 7.28. The lowest BCUT2D eigenvalue weighted by Gasteiger charge is -2.17. The van der Waals surface area contributed by atoms with E-state index in [1.54, 1.807) is 11.3 Å². The topological polar surface area (TPSA) is 12.9 Å². The van der Waals surface area contributed by atoms with Crippen molar-refractivity contribution in [1.29, 1.82) is 0 Å². The molecule has 0 radical (unpaired) electrons. The van der Waals surface area contributed by atoms with Gasteiger partial charge in [0.2, 0.25) is 0 Å². The predicted molar refractivity (Wildman–Crippen MR) is 139 cm³/mol. The largest absolute Gasteiger partial charge is 0.236 e. The van der Waals surface area contributed by atoms with E-state index in [0.29, 0.717) is 0 Å². The molecule has 0 spiro atoms. The minimum Gasteiger partial charge on any atom is -0.236 e. The maximum absolute atomic E-state index is 4.79. The molecule has 0 fully saturated rings. The summed E-state index contributed by atoms with van der Waals surface area (Å²) in [4.78, 5) is 4.79. The van der Waals surface area contributed by atoms with Crippen molar-refractivity contribution in [2.24, 2.45) is 0 Å². The van der Waals surface area contributed by atoms with Crippen molar-refractivity contribution >= 4 is 34.8 Å². The van der Waals surface area contributed by atoms with E-state index in [-0.39, 0.29) is 0 Å². The molecule has 1 nitrogen and oxygen atoms in total. The number of aromatic nitrogens is 1. The maximum Gasteiger partial charge on any atom is 0.124 e. The number of benzene rings is 4. The van der Waals surface area contributed by atoms with Gasteiger partial charge in [0.15, 0.2) is 0 Å². The first kappa shape index (κ1) is 19.9. The Morgan fingerprint density at radius 1 is 0.581 bits per heavy atom. The fourth-order valence-electron chi connectivity index (χ4n) is 3.84. The summed E-state index contributed by atoms with van der Waals surface area (Å²) in [6.45, 7) is 7.20. The Morgan fingerprint density at radius 2 is 1.19 bits per heavy atom. The Hall–Kier alpha value is -3.01. The molecule has 5 aromatic rings. The Labute approximate surface area is 189 Å². The second kappa shape index (κ2) is 7.91. The van der Waals surface area contributed by atoms with E-state index in [9.17, 15) is 0 Å². The second-order valence-electron chi connectivity index (χ2n) is 8.98. The van der Waals surface area contributed by atoms with Crippen molar-refractivity contribution in [3.8, 4) is 32.8 Å². The van der Waals surface area contributed by atoms with Crippen LogP contribution in [0.4, 0.5) is 0 Å². The van der Waals surface area contributed by atoms with Gasteiger partial charge in [0, 0.05) is 5.56 Å². The van der Waals surface area contributed by atoms with Gasteiger partial charge in [-0.15, -0.1) is 11.3 Å². The molecule has 1 heterocycles. The highest BCUT2D eigenvalue weighted by Crippen LogP contribution is 2.32. The lowest BCUT2D eigenvalue weighted by Crippen LogP contribution is -2.37. The minimum atomic E-state index is -1.33. The monoisotopic (exact) mass is 435 g/mol. The summed E-state index contributed by atoms with van der Waals surface area (Å²) in [7, 11) is -1.33. The maximum atomic E-state index is 4.79. The number of rotatable bonds is 4. The molecule has 0 N–H and O–H groups in total. The molecular weight excluding hydrogens is 410 g/mol. The van der Waals surface area contributed by atoms with Gasteiger partial charge in [-0.05, 0) is 40.5 Å². The molecule has 0 aliphatic heterocycles. The van der Waals surface area contributed by atoms with Crippen molar-refractivity contribution in [2.75, 3.05) is 0 Å². The third-order valence-electron chi connectivity index (χ3n) is 5.68. The SMILES string of the molecule is C[Si](C)(C)c1cccc(-c2cccc(-c3ccc(-c4nc5ccccc5s4)cc3)c2)c1. The molecule has 0 saturated heterocycles. The lowest BCUT2D eigenvalue weighted by atomic mass is 9.98. The fourth-order valence-corrected chi connectivity index (χ4v) is 6.00. The number of hydrogen-bond donors (Lipinski definition) is 0. The first-order valence-corrected chi connectivity index (χ1v) is 15.0. The third-order valence-corrected chi connectivity index (χ3v) is 8.81.